The van der Waals surface area contributed by atoms with Crippen LogP contribution in [0.5, 0.6) is 0 Å². The van der Waals surface area contributed by atoms with Gasteiger partial charge in [0.1, 0.15) is 5.60 Å². The molecule has 0 aliphatic heterocycles. The first-order valence-corrected chi connectivity index (χ1v) is 7.52. The Bertz CT molecular complexity index is 478. The summed E-state index contributed by atoms with van der Waals surface area (Å²) in [6, 6.07) is 8.13. The Morgan fingerprint density at radius 2 is 2.05 bits per heavy atom. The van der Waals surface area contributed by atoms with Crippen LogP contribution < -0.4 is 10.6 Å². The van der Waals surface area contributed by atoms with Gasteiger partial charge in [-0.05, 0) is 37.3 Å². The van der Waals surface area contributed by atoms with Gasteiger partial charge in [0.15, 0.2) is 5.96 Å². The van der Waals surface area contributed by atoms with Crippen LogP contribution in [-0.4, -0.2) is 30.7 Å². The lowest BCUT2D eigenvalue weighted by Crippen LogP contribution is -2.39. The Hall–Kier alpha value is -0.820. The van der Waals surface area contributed by atoms with Gasteiger partial charge in [-0.2, -0.15) is 0 Å². The molecule has 1 aliphatic rings. The monoisotopic (exact) mass is 403 g/mol. The highest BCUT2D eigenvalue weighted by Crippen LogP contribution is 2.36. The van der Waals surface area contributed by atoms with Gasteiger partial charge < -0.3 is 15.7 Å². The van der Waals surface area contributed by atoms with E-state index in [1.807, 2.05) is 25.1 Å². The summed E-state index contributed by atoms with van der Waals surface area (Å²) in [6.07, 6.45) is 2.74. The molecule has 1 aliphatic carbocycles. The van der Waals surface area contributed by atoms with E-state index in [1.54, 1.807) is 0 Å². The number of halogens is 1. The molecule has 0 fully saturated rings. The number of fused-ring (bicyclic) bond motifs is 1. The molecule has 1 aromatic carbocycles. The molecule has 2 rings (SSSR count). The fraction of sp³-hybridized carbons (Fsp3) is 0.562. The van der Waals surface area contributed by atoms with Gasteiger partial charge in [-0.25, -0.2) is 4.99 Å². The molecule has 21 heavy (non-hydrogen) atoms. The molecule has 1 unspecified atom stereocenters. The maximum absolute atomic E-state index is 10.8. The number of hydrogen-bond acceptors (Lipinski definition) is 2. The lowest BCUT2D eigenvalue weighted by molar-refractivity contribution is 0.0485. The molecule has 0 saturated carbocycles. The average molecular weight is 403 g/mol. The van der Waals surface area contributed by atoms with E-state index in [-0.39, 0.29) is 24.0 Å². The lowest BCUT2D eigenvalue weighted by Gasteiger charge is -2.22. The first kappa shape index (κ1) is 18.2. The Morgan fingerprint density at radius 1 is 1.29 bits per heavy atom. The van der Waals surface area contributed by atoms with Crippen molar-refractivity contribution < 1.29 is 5.11 Å². The number of aryl methyl sites for hydroxylation is 1. The van der Waals surface area contributed by atoms with Crippen molar-refractivity contribution in [2.24, 2.45) is 4.99 Å². The summed E-state index contributed by atoms with van der Waals surface area (Å²) < 4.78 is 0. The molecule has 118 valence electrons. The standard InChI is InChI=1S/C16H25N3O.HI/c1-3-11-18-15(17-4-2)19-12-16(20)10-9-13-7-5-6-8-14(13)16;/h5-8,20H,3-4,9-12H2,1-2H3,(H2,17,18,19);1H. The van der Waals surface area contributed by atoms with Crippen molar-refractivity contribution in [3.05, 3.63) is 35.4 Å². The van der Waals surface area contributed by atoms with Crippen molar-refractivity contribution in [2.75, 3.05) is 19.6 Å². The Balaban J connectivity index is 0.00000220. The van der Waals surface area contributed by atoms with Crippen LogP contribution >= 0.6 is 24.0 Å². The lowest BCUT2D eigenvalue weighted by atomic mass is 9.96. The van der Waals surface area contributed by atoms with Crippen LogP contribution in [0.3, 0.4) is 0 Å². The molecule has 0 bridgehead atoms. The minimum absolute atomic E-state index is 0. The van der Waals surface area contributed by atoms with E-state index in [0.29, 0.717) is 6.54 Å². The van der Waals surface area contributed by atoms with Crippen LogP contribution in [-0.2, 0) is 12.0 Å². The van der Waals surface area contributed by atoms with Gasteiger partial charge in [0.2, 0.25) is 0 Å². The summed E-state index contributed by atoms with van der Waals surface area (Å²) in [5.74, 6) is 0.784. The van der Waals surface area contributed by atoms with E-state index in [1.165, 1.54) is 5.56 Å². The molecule has 1 atom stereocenters. The summed E-state index contributed by atoms with van der Waals surface area (Å²) in [6.45, 7) is 6.29. The van der Waals surface area contributed by atoms with E-state index in [9.17, 15) is 5.11 Å². The van der Waals surface area contributed by atoms with Crippen molar-refractivity contribution in [1.29, 1.82) is 0 Å². The zero-order chi connectivity index (χ0) is 14.4. The maximum atomic E-state index is 10.8. The molecule has 0 saturated heterocycles. The van der Waals surface area contributed by atoms with Crippen LogP contribution in [0.4, 0.5) is 0 Å². The largest absolute Gasteiger partial charge is 0.383 e. The van der Waals surface area contributed by atoms with Crippen LogP contribution in [0.1, 0.15) is 37.8 Å². The molecular formula is C16H26IN3O. The van der Waals surface area contributed by atoms with Gasteiger partial charge in [0.05, 0.1) is 6.54 Å². The van der Waals surface area contributed by atoms with E-state index in [2.05, 4.69) is 28.6 Å². The first-order chi connectivity index (χ1) is 9.69. The predicted octanol–water partition coefficient (Wildman–Crippen LogP) is 2.40. The highest BCUT2D eigenvalue weighted by Gasteiger charge is 2.36. The molecule has 0 heterocycles. The highest BCUT2D eigenvalue weighted by atomic mass is 127. The number of nitrogens with one attached hydrogen (secondary N) is 2. The third-order valence-corrected chi connectivity index (χ3v) is 3.71. The quantitative estimate of drug-likeness (QED) is 0.402. The van der Waals surface area contributed by atoms with Gasteiger partial charge in [-0.15, -0.1) is 24.0 Å². The van der Waals surface area contributed by atoms with Gasteiger partial charge in [-0.1, -0.05) is 31.2 Å². The van der Waals surface area contributed by atoms with Crippen molar-refractivity contribution in [2.45, 2.75) is 38.7 Å². The summed E-state index contributed by atoms with van der Waals surface area (Å²) in [7, 11) is 0. The number of benzene rings is 1. The first-order valence-electron chi connectivity index (χ1n) is 7.52. The normalized spacial score (nSPS) is 20.6. The van der Waals surface area contributed by atoms with E-state index >= 15 is 0 Å². The molecule has 1 aromatic rings. The number of nitrogens with zero attached hydrogens (tertiary/aromatic N) is 1. The van der Waals surface area contributed by atoms with Crippen LogP contribution in [0.2, 0.25) is 0 Å². The molecular weight excluding hydrogens is 377 g/mol. The van der Waals surface area contributed by atoms with Gasteiger partial charge in [0.25, 0.3) is 0 Å². The highest BCUT2D eigenvalue weighted by molar-refractivity contribution is 14.0. The van der Waals surface area contributed by atoms with Crippen LogP contribution in [0.15, 0.2) is 29.3 Å². The van der Waals surface area contributed by atoms with Crippen molar-refractivity contribution in [1.82, 2.24) is 10.6 Å². The maximum Gasteiger partial charge on any atom is 0.191 e. The van der Waals surface area contributed by atoms with E-state index in [4.69, 9.17) is 0 Å². The summed E-state index contributed by atoms with van der Waals surface area (Å²) in [5, 5.41) is 17.3. The number of aliphatic hydroxyl groups is 1. The molecule has 3 N–H and O–H groups in total. The van der Waals surface area contributed by atoms with Crippen molar-refractivity contribution >= 4 is 29.9 Å². The summed E-state index contributed by atoms with van der Waals surface area (Å²) in [5.41, 5.74) is 1.47. The smallest absolute Gasteiger partial charge is 0.191 e. The number of guanidine groups is 1. The Kier molecular flexibility index (Phi) is 7.45. The molecule has 0 spiro atoms. The van der Waals surface area contributed by atoms with E-state index < -0.39 is 5.60 Å². The summed E-state index contributed by atoms with van der Waals surface area (Å²) in [4.78, 5) is 4.55. The van der Waals surface area contributed by atoms with Crippen molar-refractivity contribution in [3.8, 4) is 0 Å². The van der Waals surface area contributed by atoms with E-state index in [0.717, 1.165) is 43.9 Å². The zero-order valence-electron chi connectivity index (χ0n) is 12.9. The van der Waals surface area contributed by atoms with Gasteiger partial charge in [0, 0.05) is 13.1 Å². The summed E-state index contributed by atoms with van der Waals surface area (Å²) >= 11 is 0. The molecule has 5 heteroatoms. The molecule has 0 radical (unpaired) electrons. The molecule has 0 amide bonds. The minimum atomic E-state index is -0.814. The zero-order valence-corrected chi connectivity index (χ0v) is 15.2. The van der Waals surface area contributed by atoms with Crippen LogP contribution in [0.25, 0.3) is 0 Å². The number of rotatable bonds is 5. The predicted molar refractivity (Wildman–Crippen MR) is 98.3 cm³/mol. The van der Waals surface area contributed by atoms with Gasteiger partial charge in [-0.3, -0.25) is 0 Å². The molecule has 4 nitrogen and oxygen atoms in total. The third kappa shape index (κ3) is 4.57. The Morgan fingerprint density at radius 3 is 2.76 bits per heavy atom. The SMILES string of the molecule is CCCNC(=NCC1(O)CCc2ccccc21)NCC.I. The fourth-order valence-corrected chi connectivity index (χ4v) is 2.63. The van der Waals surface area contributed by atoms with Crippen molar-refractivity contribution in [3.63, 3.8) is 0 Å². The second-order valence-corrected chi connectivity index (χ2v) is 5.31. The third-order valence-electron chi connectivity index (χ3n) is 3.71. The minimum Gasteiger partial charge on any atom is -0.383 e. The molecule has 0 aromatic heterocycles. The second-order valence-electron chi connectivity index (χ2n) is 5.31. The average Bonchev–Trinajstić information content (AvgIpc) is 2.81. The topological polar surface area (TPSA) is 56.7 Å². The second kappa shape index (κ2) is 8.58. The number of hydrogen-bond donors (Lipinski definition) is 3. The van der Waals surface area contributed by atoms with Crippen LogP contribution in [0, 0.1) is 0 Å². The number of aliphatic imine (C=N–C) groups is 1. The Labute approximate surface area is 144 Å². The fourth-order valence-electron chi connectivity index (χ4n) is 2.63. The van der Waals surface area contributed by atoms with Gasteiger partial charge >= 0.3 is 0 Å².